The Labute approximate surface area is 116 Å². The summed E-state index contributed by atoms with van der Waals surface area (Å²) >= 11 is 0. The molecule has 0 heterocycles. The highest BCUT2D eigenvalue weighted by Crippen LogP contribution is 2.19. The maximum atomic E-state index is 12.0. The van der Waals surface area contributed by atoms with E-state index >= 15 is 0 Å². The number of carboxylic acids is 1. The molecule has 6 heteroatoms. The molecule has 1 N–H and O–H groups in total. The zero-order chi connectivity index (χ0) is 14.8. The predicted octanol–water partition coefficient (Wildman–Crippen LogP) is 2.46. The largest absolute Gasteiger partial charge is 0.478 e. The van der Waals surface area contributed by atoms with E-state index in [4.69, 9.17) is 9.29 Å². The zero-order valence-corrected chi connectivity index (χ0v) is 11.4. The van der Waals surface area contributed by atoms with E-state index in [1.807, 2.05) is 6.92 Å². The molecule has 0 aliphatic rings. The van der Waals surface area contributed by atoms with Crippen molar-refractivity contribution in [2.75, 3.05) is 0 Å². The van der Waals surface area contributed by atoms with Gasteiger partial charge in [0, 0.05) is 0 Å². The molecule has 0 atom stereocenters. The van der Waals surface area contributed by atoms with E-state index < -0.39 is 16.1 Å². The number of aromatic carboxylic acids is 1. The molecular weight excluding hydrogens is 280 g/mol. The smallest absolute Gasteiger partial charge is 0.339 e. The number of rotatable bonds is 4. The number of hydrogen-bond donors (Lipinski definition) is 1. The third-order valence-corrected chi connectivity index (χ3v) is 3.84. The molecule has 0 amide bonds. The second-order valence-corrected chi connectivity index (χ2v) is 5.73. The first-order chi connectivity index (χ1) is 9.38. The Kier molecular flexibility index (Phi) is 3.76. The average molecular weight is 292 g/mol. The summed E-state index contributed by atoms with van der Waals surface area (Å²) in [6.07, 6.45) is 0. The third kappa shape index (κ3) is 3.16. The van der Waals surface area contributed by atoms with Crippen molar-refractivity contribution in [2.24, 2.45) is 0 Å². The van der Waals surface area contributed by atoms with Gasteiger partial charge >= 0.3 is 16.1 Å². The number of carboxylic acid groups (broad SMARTS) is 1. The molecule has 20 heavy (non-hydrogen) atoms. The molecule has 0 spiro atoms. The molecular formula is C14H12O5S. The summed E-state index contributed by atoms with van der Waals surface area (Å²) in [6.45, 7) is 1.87. The maximum absolute atomic E-state index is 12.0. The minimum Gasteiger partial charge on any atom is -0.478 e. The summed E-state index contributed by atoms with van der Waals surface area (Å²) in [6, 6.07) is 11.5. The van der Waals surface area contributed by atoms with Crippen LogP contribution in [0.5, 0.6) is 5.75 Å². The molecule has 0 bridgehead atoms. The summed E-state index contributed by atoms with van der Waals surface area (Å²) in [5.41, 5.74) is 0.862. The van der Waals surface area contributed by atoms with Gasteiger partial charge in [-0.2, -0.15) is 8.42 Å². The van der Waals surface area contributed by atoms with Gasteiger partial charge in [0.05, 0.1) is 5.56 Å². The molecule has 2 rings (SSSR count). The van der Waals surface area contributed by atoms with Gasteiger partial charge in [0.1, 0.15) is 10.6 Å². The van der Waals surface area contributed by atoms with Gasteiger partial charge in [-0.1, -0.05) is 23.8 Å². The monoisotopic (exact) mass is 292 g/mol. The van der Waals surface area contributed by atoms with Gasteiger partial charge in [0.2, 0.25) is 0 Å². The van der Waals surface area contributed by atoms with E-state index in [1.165, 1.54) is 30.3 Å². The van der Waals surface area contributed by atoms with E-state index in [0.717, 1.165) is 11.6 Å². The first kappa shape index (κ1) is 14.1. The average Bonchev–Trinajstić information content (AvgIpc) is 2.41. The molecule has 0 aliphatic carbocycles. The molecule has 5 nitrogen and oxygen atoms in total. The van der Waals surface area contributed by atoms with E-state index in [2.05, 4.69) is 0 Å². The van der Waals surface area contributed by atoms with Crippen LogP contribution in [-0.4, -0.2) is 19.5 Å². The first-order valence-corrected chi connectivity index (χ1v) is 7.14. The van der Waals surface area contributed by atoms with Crippen molar-refractivity contribution < 1.29 is 22.5 Å². The lowest BCUT2D eigenvalue weighted by Crippen LogP contribution is -2.10. The highest BCUT2D eigenvalue weighted by molar-refractivity contribution is 7.87. The number of carbonyl (C=O) groups is 1. The van der Waals surface area contributed by atoms with Crippen LogP contribution in [0.15, 0.2) is 53.4 Å². The predicted molar refractivity (Wildman–Crippen MR) is 72.4 cm³/mol. The molecule has 104 valence electrons. The van der Waals surface area contributed by atoms with Gasteiger partial charge in [-0.05, 0) is 37.3 Å². The van der Waals surface area contributed by atoms with Crippen molar-refractivity contribution in [3.63, 3.8) is 0 Å². The van der Waals surface area contributed by atoms with Gasteiger partial charge in [-0.25, -0.2) is 4.79 Å². The molecule has 0 unspecified atom stereocenters. The van der Waals surface area contributed by atoms with Gasteiger partial charge in [0.25, 0.3) is 0 Å². The molecule has 0 fully saturated rings. The Morgan fingerprint density at radius 1 is 1.10 bits per heavy atom. The Bertz CT molecular complexity index is 732. The van der Waals surface area contributed by atoms with Crippen LogP contribution in [0.2, 0.25) is 0 Å². The van der Waals surface area contributed by atoms with Crippen LogP contribution >= 0.6 is 0 Å². The fourth-order valence-electron chi connectivity index (χ4n) is 1.55. The minimum atomic E-state index is -4.05. The minimum absolute atomic E-state index is 0.112. The van der Waals surface area contributed by atoms with E-state index in [1.54, 1.807) is 12.1 Å². The molecule has 0 aromatic heterocycles. The van der Waals surface area contributed by atoms with Crippen molar-refractivity contribution >= 4 is 16.1 Å². The molecule has 2 aromatic rings. The lowest BCUT2D eigenvalue weighted by atomic mass is 10.2. The van der Waals surface area contributed by atoms with Gasteiger partial charge in [-0.3, -0.25) is 0 Å². The Balaban J connectivity index is 2.33. The summed E-state index contributed by atoms with van der Waals surface area (Å²) in [5, 5.41) is 8.86. The second kappa shape index (κ2) is 5.34. The maximum Gasteiger partial charge on any atom is 0.339 e. The van der Waals surface area contributed by atoms with Gasteiger partial charge in [-0.15, -0.1) is 0 Å². The quantitative estimate of drug-likeness (QED) is 0.875. The van der Waals surface area contributed by atoms with Gasteiger partial charge < -0.3 is 9.29 Å². The molecule has 2 aromatic carbocycles. The normalized spacial score (nSPS) is 11.1. The molecule has 0 radical (unpaired) electrons. The van der Waals surface area contributed by atoms with E-state index in [9.17, 15) is 13.2 Å². The van der Waals surface area contributed by atoms with Crippen LogP contribution in [0.1, 0.15) is 15.9 Å². The van der Waals surface area contributed by atoms with Crippen molar-refractivity contribution in [2.45, 2.75) is 11.8 Å². The van der Waals surface area contributed by atoms with Crippen molar-refractivity contribution in [3.8, 4) is 5.75 Å². The number of benzene rings is 2. The van der Waals surface area contributed by atoms with E-state index in [0.29, 0.717) is 0 Å². The van der Waals surface area contributed by atoms with Gasteiger partial charge in [0.15, 0.2) is 0 Å². The Morgan fingerprint density at radius 3 is 2.35 bits per heavy atom. The molecule has 0 saturated heterocycles. The highest BCUT2D eigenvalue weighted by Gasteiger charge is 2.18. The Hall–Kier alpha value is -2.34. The second-order valence-electron chi connectivity index (χ2n) is 4.18. The van der Waals surface area contributed by atoms with Crippen LogP contribution in [0.3, 0.4) is 0 Å². The van der Waals surface area contributed by atoms with Crippen LogP contribution in [0.4, 0.5) is 0 Å². The standard InChI is InChI=1S/C14H12O5S/c1-10-5-7-12(8-6-10)19-20(17,18)13-4-2-3-11(9-13)14(15)16/h2-9H,1H3,(H,15,16). The summed E-state index contributed by atoms with van der Waals surface area (Å²) < 4.78 is 29.0. The number of aryl methyl sites for hydroxylation is 1. The third-order valence-electron chi connectivity index (χ3n) is 2.60. The fourth-order valence-corrected chi connectivity index (χ4v) is 2.53. The SMILES string of the molecule is Cc1ccc(OS(=O)(=O)c2cccc(C(=O)O)c2)cc1. The van der Waals surface area contributed by atoms with Crippen LogP contribution < -0.4 is 4.18 Å². The number of hydrogen-bond acceptors (Lipinski definition) is 4. The summed E-state index contributed by atoms with van der Waals surface area (Å²) in [4.78, 5) is 10.6. The molecule has 0 saturated carbocycles. The lowest BCUT2D eigenvalue weighted by Gasteiger charge is -2.07. The lowest BCUT2D eigenvalue weighted by molar-refractivity contribution is 0.0696. The van der Waals surface area contributed by atoms with Crippen molar-refractivity contribution in [3.05, 3.63) is 59.7 Å². The summed E-state index contributed by atoms with van der Waals surface area (Å²) in [5.74, 6) is -1.02. The first-order valence-electron chi connectivity index (χ1n) is 5.73. The van der Waals surface area contributed by atoms with Crippen molar-refractivity contribution in [1.29, 1.82) is 0 Å². The Morgan fingerprint density at radius 2 is 1.75 bits per heavy atom. The van der Waals surface area contributed by atoms with Crippen molar-refractivity contribution in [1.82, 2.24) is 0 Å². The van der Waals surface area contributed by atoms with Crippen LogP contribution in [0, 0.1) is 6.92 Å². The topological polar surface area (TPSA) is 80.7 Å². The zero-order valence-electron chi connectivity index (χ0n) is 10.6. The molecule has 0 aliphatic heterocycles. The highest BCUT2D eigenvalue weighted by atomic mass is 32.2. The summed E-state index contributed by atoms with van der Waals surface area (Å²) in [7, 11) is -4.05. The van der Waals surface area contributed by atoms with E-state index in [-0.39, 0.29) is 16.2 Å². The van der Waals surface area contributed by atoms with Crippen LogP contribution in [0.25, 0.3) is 0 Å². The van der Waals surface area contributed by atoms with Crippen LogP contribution in [-0.2, 0) is 10.1 Å². The fraction of sp³-hybridized carbons (Fsp3) is 0.0714.